The van der Waals surface area contributed by atoms with Gasteiger partial charge < -0.3 is 10.6 Å². The first-order valence-electron chi connectivity index (χ1n) is 7.45. The molecule has 2 N–H and O–H groups in total. The summed E-state index contributed by atoms with van der Waals surface area (Å²) in [4.78, 5) is 7.59. The highest BCUT2D eigenvalue weighted by Crippen LogP contribution is 2.27. The molecule has 0 aromatic carbocycles. The van der Waals surface area contributed by atoms with Crippen molar-refractivity contribution < 1.29 is 0 Å². The number of hydrogen-bond acceptors (Lipinski definition) is 4. The molecule has 2 fully saturated rings. The van der Waals surface area contributed by atoms with Crippen LogP contribution in [0.5, 0.6) is 0 Å². The normalized spacial score (nSPS) is 34.8. The first-order chi connectivity index (χ1) is 8.61. The van der Waals surface area contributed by atoms with Gasteiger partial charge in [0, 0.05) is 31.2 Å². The minimum Gasteiger partial charge on any atom is -0.329 e. The third-order valence-corrected chi connectivity index (χ3v) is 5.10. The molecule has 2 aliphatic heterocycles. The van der Waals surface area contributed by atoms with E-state index in [0.29, 0.717) is 0 Å². The molecule has 0 saturated carbocycles. The summed E-state index contributed by atoms with van der Waals surface area (Å²) in [6.45, 7) is 9.02. The van der Waals surface area contributed by atoms with Gasteiger partial charge in [-0.3, -0.25) is 9.80 Å². The van der Waals surface area contributed by atoms with E-state index in [1.54, 1.807) is 0 Å². The van der Waals surface area contributed by atoms with Crippen molar-refractivity contribution in [2.45, 2.75) is 37.8 Å². The fraction of sp³-hybridized carbons (Fsp3) is 1.00. The standard InChI is InChI=1S/C14H30N4/c1-4-18-8-5-6-13(18)10-17(3)14(11-15)7-9-16(2)12-14/h13H,4-12,15H2,1-3H3. The number of rotatable bonds is 5. The summed E-state index contributed by atoms with van der Waals surface area (Å²) in [5.41, 5.74) is 6.31. The smallest absolute Gasteiger partial charge is 0.0468 e. The maximum absolute atomic E-state index is 6.09. The molecule has 0 aromatic heterocycles. The highest BCUT2D eigenvalue weighted by atomic mass is 15.3. The van der Waals surface area contributed by atoms with Gasteiger partial charge in [0.1, 0.15) is 0 Å². The van der Waals surface area contributed by atoms with Crippen molar-refractivity contribution in [1.82, 2.24) is 14.7 Å². The van der Waals surface area contributed by atoms with Gasteiger partial charge >= 0.3 is 0 Å². The van der Waals surface area contributed by atoms with E-state index < -0.39 is 0 Å². The Hall–Kier alpha value is -0.160. The monoisotopic (exact) mass is 254 g/mol. The number of nitrogens with zero attached hydrogens (tertiary/aromatic N) is 3. The zero-order valence-electron chi connectivity index (χ0n) is 12.4. The molecule has 0 aliphatic carbocycles. The van der Waals surface area contributed by atoms with E-state index in [4.69, 9.17) is 5.73 Å². The van der Waals surface area contributed by atoms with Crippen LogP contribution in [0, 0.1) is 0 Å². The molecule has 0 radical (unpaired) electrons. The van der Waals surface area contributed by atoms with Crippen LogP contribution in [0.15, 0.2) is 0 Å². The van der Waals surface area contributed by atoms with Crippen LogP contribution in [0.4, 0.5) is 0 Å². The Morgan fingerprint density at radius 1 is 1.39 bits per heavy atom. The second kappa shape index (κ2) is 5.87. The molecular formula is C14H30N4. The van der Waals surface area contributed by atoms with Gasteiger partial charge in [0.2, 0.25) is 0 Å². The van der Waals surface area contributed by atoms with Gasteiger partial charge in [-0.2, -0.15) is 0 Å². The summed E-state index contributed by atoms with van der Waals surface area (Å²) in [5.74, 6) is 0. The minimum atomic E-state index is 0.219. The molecule has 106 valence electrons. The largest absolute Gasteiger partial charge is 0.329 e. The quantitative estimate of drug-likeness (QED) is 0.772. The minimum absolute atomic E-state index is 0.219. The van der Waals surface area contributed by atoms with Gasteiger partial charge in [0.15, 0.2) is 0 Å². The highest BCUT2D eigenvalue weighted by molar-refractivity contribution is 4.99. The first kappa shape index (κ1) is 14.3. The third kappa shape index (κ3) is 2.72. The van der Waals surface area contributed by atoms with Crippen LogP contribution in [0.1, 0.15) is 26.2 Å². The third-order valence-electron chi connectivity index (χ3n) is 5.10. The molecule has 2 heterocycles. The molecule has 0 amide bonds. The van der Waals surface area contributed by atoms with Gasteiger partial charge in [0.25, 0.3) is 0 Å². The fourth-order valence-electron chi connectivity index (χ4n) is 3.72. The summed E-state index contributed by atoms with van der Waals surface area (Å²) in [5, 5.41) is 0. The van der Waals surface area contributed by atoms with E-state index >= 15 is 0 Å². The van der Waals surface area contributed by atoms with Crippen molar-refractivity contribution >= 4 is 0 Å². The SMILES string of the molecule is CCN1CCCC1CN(C)C1(CN)CCN(C)C1. The maximum Gasteiger partial charge on any atom is 0.0468 e. The Bertz CT molecular complexity index is 271. The van der Waals surface area contributed by atoms with Crippen LogP contribution in [-0.4, -0.2) is 79.6 Å². The van der Waals surface area contributed by atoms with Crippen LogP contribution in [0.2, 0.25) is 0 Å². The summed E-state index contributed by atoms with van der Waals surface area (Å²) in [6, 6.07) is 0.745. The van der Waals surface area contributed by atoms with Gasteiger partial charge in [-0.1, -0.05) is 6.92 Å². The summed E-state index contributed by atoms with van der Waals surface area (Å²) < 4.78 is 0. The Morgan fingerprint density at radius 3 is 2.72 bits per heavy atom. The number of hydrogen-bond donors (Lipinski definition) is 1. The van der Waals surface area contributed by atoms with E-state index in [1.807, 2.05) is 0 Å². The van der Waals surface area contributed by atoms with Crippen molar-refractivity contribution in [2.75, 3.05) is 53.4 Å². The fourth-order valence-corrected chi connectivity index (χ4v) is 3.72. The molecule has 2 saturated heterocycles. The van der Waals surface area contributed by atoms with E-state index in [1.165, 1.54) is 45.4 Å². The van der Waals surface area contributed by atoms with Crippen molar-refractivity contribution in [1.29, 1.82) is 0 Å². The average molecular weight is 254 g/mol. The summed E-state index contributed by atoms with van der Waals surface area (Å²) in [6.07, 6.45) is 3.94. The molecule has 2 aliphatic rings. The lowest BCUT2D eigenvalue weighted by Crippen LogP contribution is -2.56. The number of likely N-dealkylation sites (N-methyl/N-ethyl adjacent to an activating group) is 3. The van der Waals surface area contributed by atoms with Gasteiger partial charge in [-0.25, -0.2) is 0 Å². The van der Waals surface area contributed by atoms with Gasteiger partial charge in [0.05, 0.1) is 0 Å². The van der Waals surface area contributed by atoms with Crippen molar-refractivity contribution in [3.63, 3.8) is 0 Å². The Kier molecular flexibility index (Phi) is 4.64. The number of likely N-dealkylation sites (tertiary alicyclic amines) is 2. The Balaban J connectivity index is 1.95. The topological polar surface area (TPSA) is 35.7 Å². The first-order valence-corrected chi connectivity index (χ1v) is 7.45. The highest BCUT2D eigenvalue weighted by Gasteiger charge is 2.40. The Labute approximate surface area is 112 Å². The molecule has 4 nitrogen and oxygen atoms in total. The van der Waals surface area contributed by atoms with E-state index in [2.05, 4.69) is 35.7 Å². The molecule has 2 rings (SSSR count). The Morgan fingerprint density at radius 2 is 2.17 bits per heavy atom. The van der Waals surface area contributed by atoms with Crippen LogP contribution in [-0.2, 0) is 0 Å². The molecular weight excluding hydrogens is 224 g/mol. The zero-order chi connectivity index (χ0) is 13.2. The van der Waals surface area contributed by atoms with Crippen LogP contribution >= 0.6 is 0 Å². The van der Waals surface area contributed by atoms with E-state index in [9.17, 15) is 0 Å². The summed E-state index contributed by atoms with van der Waals surface area (Å²) in [7, 11) is 4.48. The van der Waals surface area contributed by atoms with Gasteiger partial charge in [-0.05, 0) is 53.0 Å². The zero-order valence-corrected chi connectivity index (χ0v) is 12.4. The van der Waals surface area contributed by atoms with E-state index in [-0.39, 0.29) is 5.54 Å². The molecule has 0 aromatic rings. The van der Waals surface area contributed by atoms with Gasteiger partial charge in [-0.15, -0.1) is 0 Å². The predicted octanol–water partition coefficient (Wildman–Crippen LogP) is 0.436. The molecule has 0 spiro atoms. The van der Waals surface area contributed by atoms with Crippen LogP contribution < -0.4 is 5.73 Å². The lowest BCUT2D eigenvalue weighted by molar-refractivity contribution is 0.0970. The summed E-state index contributed by atoms with van der Waals surface area (Å²) >= 11 is 0. The van der Waals surface area contributed by atoms with Crippen LogP contribution in [0.3, 0.4) is 0 Å². The second-order valence-corrected chi connectivity index (χ2v) is 6.22. The van der Waals surface area contributed by atoms with Crippen molar-refractivity contribution in [3.05, 3.63) is 0 Å². The predicted molar refractivity (Wildman–Crippen MR) is 76.8 cm³/mol. The van der Waals surface area contributed by atoms with Crippen molar-refractivity contribution in [2.24, 2.45) is 5.73 Å². The average Bonchev–Trinajstić information content (AvgIpc) is 2.96. The molecule has 0 bridgehead atoms. The molecule has 4 heteroatoms. The molecule has 2 unspecified atom stereocenters. The van der Waals surface area contributed by atoms with Crippen LogP contribution in [0.25, 0.3) is 0 Å². The second-order valence-electron chi connectivity index (χ2n) is 6.22. The maximum atomic E-state index is 6.09. The lowest BCUT2D eigenvalue weighted by Gasteiger charge is -2.40. The van der Waals surface area contributed by atoms with Crippen molar-refractivity contribution in [3.8, 4) is 0 Å². The number of nitrogens with two attached hydrogens (primary N) is 1. The molecule has 2 atom stereocenters. The molecule has 18 heavy (non-hydrogen) atoms. The van der Waals surface area contributed by atoms with E-state index in [0.717, 1.165) is 19.1 Å². The lowest BCUT2D eigenvalue weighted by atomic mass is 9.96.